The summed E-state index contributed by atoms with van der Waals surface area (Å²) in [7, 11) is 1.54. The first kappa shape index (κ1) is 24.3. The van der Waals surface area contributed by atoms with Crippen LogP contribution in [0.15, 0.2) is 51.8 Å². The van der Waals surface area contributed by atoms with Gasteiger partial charge in [-0.15, -0.1) is 15.7 Å². The van der Waals surface area contributed by atoms with E-state index < -0.39 is 16.0 Å². The van der Waals surface area contributed by atoms with Gasteiger partial charge in [-0.3, -0.25) is 0 Å². The van der Waals surface area contributed by atoms with Crippen molar-refractivity contribution in [2.75, 3.05) is 32.6 Å². The van der Waals surface area contributed by atoms with Gasteiger partial charge in [0, 0.05) is 54.4 Å². The highest BCUT2D eigenvalue weighted by atomic mass is 35.5. The molecule has 34 heavy (non-hydrogen) atoms. The van der Waals surface area contributed by atoms with Crippen molar-refractivity contribution in [2.24, 2.45) is 4.40 Å². The van der Waals surface area contributed by atoms with Gasteiger partial charge in [0.25, 0.3) is 10.0 Å². The first-order chi connectivity index (χ1) is 16.1. The van der Waals surface area contributed by atoms with Gasteiger partial charge in [-0.05, 0) is 48.4 Å². The molecule has 2 aromatic carbocycles. The lowest BCUT2D eigenvalue weighted by Gasteiger charge is -2.28. The molecule has 0 radical (unpaired) electrons. The Bertz CT molecular complexity index is 1380. The van der Waals surface area contributed by atoms with Crippen molar-refractivity contribution >= 4 is 51.0 Å². The Morgan fingerprint density at radius 2 is 1.94 bits per heavy atom. The fourth-order valence-electron chi connectivity index (χ4n) is 3.83. The number of hydrogen-bond acceptors (Lipinski definition) is 6. The van der Waals surface area contributed by atoms with Gasteiger partial charge in [0.2, 0.25) is 0 Å². The van der Waals surface area contributed by atoms with Crippen LogP contribution in [-0.4, -0.2) is 53.4 Å². The van der Waals surface area contributed by atoms with Crippen LogP contribution in [0, 0.1) is 0 Å². The standard InChI is InChI=1S/C24H24ClN3O4S2/c1-5-32-24(29)23-21(15-6-9-17(10-7-15)34(30,31)26-14-27(2)3)19-13-28(4)20-12-16(25)8-11-18(20)22(19)33-23/h6-12,14H,5,13H2,1-4H3/b26-14-. The molecule has 7 nitrogen and oxygen atoms in total. The van der Waals surface area contributed by atoms with Crippen LogP contribution in [0.5, 0.6) is 0 Å². The number of halogens is 1. The number of fused-ring (bicyclic) bond motifs is 3. The zero-order chi connectivity index (χ0) is 24.6. The maximum absolute atomic E-state index is 12.9. The third-order valence-corrected chi connectivity index (χ3v) is 8.06. The smallest absolute Gasteiger partial charge is 0.348 e. The molecule has 0 aliphatic carbocycles. The van der Waals surface area contributed by atoms with Crippen LogP contribution in [0.2, 0.25) is 5.02 Å². The van der Waals surface area contributed by atoms with Crippen molar-refractivity contribution in [1.29, 1.82) is 0 Å². The maximum Gasteiger partial charge on any atom is 0.348 e. The van der Waals surface area contributed by atoms with Crippen molar-refractivity contribution in [3.05, 3.63) is 57.9 Å². The molecular weight excluding hydrogens is 494 g/mol. The molecule has 178 valence electrons. The Morgan fingerprint density at radius 1 is 1.24 bits per heavy atom. The van der Waals surface area contributed by atoms with Gasteiger partial charge in [-0.25, -0.2) is 4.79 Å². The van der Waals surface area contributed by atoms with Gasteiger partial charge in [0.15, 0.2) is 0 Å². The maximum atomic E-state index is 12.9. The minimum Gasteiger partial charge on any atom is -0.462 e. The predicted molar refractivity (Wildman–Crippen MR) is 138 cm³/mol. The highest BCUT2D eigenvalue weighted by Gasteiger charge is 2.31. The van der Waals surface area contributed by atoms with E-state index in [1.54, 1.807) is 38.1 Å². The molecule has 1 aliphatic rings. The zero-order valence-electron chi connectivity index (χ0n) is 19.2. The summed E-state index contributed by atoms with van der Waals surface area (Å²) in [5.74, 6) is -0.401. The molecule has 0 fully saturated rings. The van der Waals surface area contributed by atoms with Gasteiger partial charge >= 0.3 is 5.97 Å². The molecule has 0 amide bonds. The summed E-state index contributed by atoms with van der Waals surface area (Å²) in [6.45, 7) is 2.60. The Kier molecular flexibility index (Phi) is 6.71. The fraction of sp³-hybridized carbons (Fsp3) is 0.250. The van der Waals surface area contributed by atoms with Crippen molar-refractivity contribution in [1.82, 2.24) is 4.90 Å². The lowest BCUT2D eigenvalue weighted by Crippen LogP contribution is -2.21. The molecule has 3 aromatic rings. The van der Waals surface area contributed by atoms with E-state index in [0.717, 1.165) is 32.8 Å². The number of esters is 1. The molecule has 1 aliphatic heterocycles. The van der Waals surface area contributed by atoms with E-state index in [1.807, 2.05) is 25.2 Å². The Morgan fingerprint density at radius 3 is 2.59 bits per heavy atom. The molecule has 4 rings (SSSR count). The van der Waals surface area contributed by atoms with Crippen LogP contribution in [0.1, 0.15) is 22.2 Å². The van der Waals surface area contributed by atoms with Gasteiger partial charge < -0.3 is 14.5 Å². The number of hydrogen-bond donors (Lipinski definition) is 0. The number of nitrogens with zero attached hydrogens (tertiary/aromatic N) is 3. The van der Waals surface area contributed by atoms with Gasteiger partial charge in [-0.1, -0.05) is 23.7 Å². The predicted octanol–water partition coefficient (Wildman–Crippen LogP) is 5.14. The minimum absolute atomic E-state index is 0.0771. The van der Waals surface area contributed by atoms with E-state index in [9.17, 15) is 13.2 Å². The average molecular weight is 518 g/mol. The summed E-state index contributed by atoms with van der Waals surface area (Å²) in [5, 5.41) is 0.644. The molecule has 0 unspecified atom stereocenters. The molecule has 0 spiro atoms. The number of ether oxygens (including phenoxy) is 1. The number of thiophene rings is 1. The summed E-state index contributed by atoms with van der Waals surface area (Å²) in [4.78, 5) is 18.1. The summed E-state index contributed by atoms with van der Waals surface area (Å²) in [6, 6.07) is 12.1. The number of carbonyl (C=O) groups excluding carboxylic acids is 1. The van der Waals surface area contributed by atoms with Crippen LogP contribution in [0.3, 0.4) is 0 Å². The van der Waals surface area contributed by atoms with Crippen molar-refractivity contribution in [2.45, 2.75) is 18.4 Å². The summed E-state index contributed by atoms with van der Waals surface area (Å²) in [5.41, 5.74) is 4.47. The molecule has 0 bridgehead atoms. The second kappa shape index (κ2) is 9.40. The molecule has 0 atom stereocenters. The van der Waals surface area contributed by atoms with Crippen molar-refractivity contribution in [3.63, 3.8) is 0 Å². The summed E-state index contributed by atoms with van der Waals surface area (Å²) < 4.78 is 34.1. The van der Waals surface area contributed by atoms with E-state index in [-0.39, 0.29) is 11.5 Å². The highest BCUT2D eigenvalue weighted by Crippen LogP contribution is 2.49. The summed E-state index contributed by atoms with van der Waals surface area (Å²) in [6.07, 6.45) is 1.25. The van der Waals surface area contributed by atoms with E-state index >= 15 is 0 Å². The summed E-state index contributed by atoms with van der Waals surface area (Å²) >= 11 is 7.61. The van der Waals surface area contributed by atoms with Crippen LogP contribution in [-0.2, 0) is 21.3 Å². The molecule has 10 heteroatoms. The van der Waals surface area contributed by atoms with Crippen molar-refractivity contribution in [3.8, 4) is 21.6 Å². The van der Waals surface area contributed by atoms with Crippen molar-refractivity contribution < 1.29 is 17.9 Å². The Hall–Kier alpha value is -2.88. The number of rotatable bonds is 6. The van der Waals surface area contributed by atoms with E-state index in [2.05, 4.69) is 9.30 Å². The lowest BCUT2D eigenvalue weighted by molar-refractivity contribution is 0.0533. The van der Waals surface area contributed by atoms with Crippen LogP contribution in [0.25, 0.3) is 21.6 Å². The van der Waals surface area contributed by atoms with Gasteiger partial charge in [0.05, 0.1) is 11.5 Å². The monoisotopic (exact) mass is 517 g/mol. The Labute approximate surface area is 208 Å². The third kappa shape index (κ3) is 4.55. The first-order valence-electron chi connectivity index (χ1n) is 10.5. The van der Waals surface area contributed by atoms with Crippen LogP contribution >= 0.6 is 22.9 Å². The molecule has 0 N–H and O–H groups in total. The van der Waals surface area contributed by atoms with Gasteiger partial charge in [0.1, 0.15) is 11.2 Å². The molecule has 1 aromatic heterocycles. The zero-order valence-corrected chi connectivity index (χ0v) is 21.6. The lowest BCUT2D eigenvalue weighted by atomic mass is 9.94. The number of benzene rings is 2. The fourth-order valence-corrected chi connectivity index (χ4v) is 6.17. The van der Waals surface area contributed by atoms with Crippen LogP contribution < -0.4 is 4.90 Å². The van der Waals surface area contributed by atoms with E-state index in [4.69, 9.17) is 16.3 Å². The normalized spacial score (nSPS) is 13.0. The largest absolute Gasteiger partial charge is 0.462 e. The topological polar surface area (TPSA) is 79.3 Å². The van der Waals surface area contributed by atoms with Gasteiger partial charge in [-0.2, -0.15) is 8.42 Å². The SMILES string of the molecule is CCOC(=O)c1sc2c(c1-c1ccc(S(=O)(=O)/N=C\N(C)C)cc1)CN(C)c1cc(Cl)ccc1-2. The highest BCUT2D eigenvalue weighted by molar-refractivity contribution is 7.90. The molecular formula is C24H24ClN3O4S2. The molecule has 0 saturated heterocycles. The second-order valence-electron chi connectivity index (χ2n) is 8.04. The Balaban J connectivity index is 1.85. The quantitative estimate of drug-likeness (QED) is 0.256. The first-order valence-corrected chi connectivity index (χ1v) is 13.2. The number of carbonyl (C=O) groups is 1. The minimum atomic E-state index is -3.83. The average Bonchev–Trinajstić information content (AvgIpc) is 3.17. The van der Waals surface area contributed by atoms with Crippen LogP contribution in [0.4, 0.5) is 5.69 Å². The van der Waals surface area contributed by atoms with E-state index in [0.29, 0.717) is 16.4 Å². The van der Waals surface area contributed by atoms with E-state index in [1.165, 1.54) is 29.8 Å². The third-order valence-electron chi connectivity index (χ3n) is 5.34. The number of sulfonamides is 1. The molecule has 0 saturated carbocycles. The second-order valence-corrected chi connectivity index (χ2v) is 11.1. The number of anilines is 1. The molecule has 2 heterocycles.